The van der Waals surface area contributed by atoms with Crippen LogP contribution in [-0.2, 0) is 0 Å². The highest BCUT2D eigenvalue weighted by Crippen LogP contribution is 2.05. The fourth-order valence-electron chi connectivity index (χ4n) is 1.45. The van der Waals surface area contributed by atoms with E-state index in [-0.39, 0.29) is 5.78 Å². The molecule has 0 saturated carbocycles. The Labute approximate surface area is 88.7 Å². The summed E-state index contributed by atoms with van der Waals surface area (Å²) in [5.41, 5.74) is 1.28. The summed E-state index contributed by atoms with van der Waals surface area (Å²) in [4.78, 5) is 18.0. The number of ketones is 1. The molecule has 0 saturated heterocycles. The summed E-state index contributed by atoms with van der Waals surface area (Å²) in [5, 5.41) is 0. The minimum absolute atomic E-state index is 0.00630. The van der Waals surface area contributed by atoms with Crippen LogP contribution in [0.1, 0.15) is 10.4 Å². The Morgan fingerprint density at radius 3 is 2.73 bits per heavy atom. The van der Waals surface area contributed by atoms with Gasteiger partial charge in [0, 0.05) is 25.0 Å². The lowest BCUT2D eigenvalue weighted by Gasteiger charge is -2.17. The van der Waals surface area contributed by atoms with Crippen LogP contribution in [0.4, 0.5) is 0 Å². The van der Waals surface area contributed by atoms with E-state index >= 15 is 0 Å². The zero-order valence-electron chi connectivity index (χ0n) is 8.55. The normalized spacial score (nSPS) is 15.0. The molecule has 3 heteroatoms. The number of rotatable bonds is 2. The Hall–Kier alpha value is -1.90. The van der Waals surface area contributed by atoms with Gasteiger partial charge in [0.25, 0.3) is 0 Å². The van der Waals surface area contributed by atoms with Gasteiger partial charge in [0.05, 0.1) is 6.54 Å². The summed E-state index contributed by atoms with van der Waals surface area (Å²) >= 11 is 0. The van der Waals surface area contributed by atoms with Gasteiger partial charge in [-0.1, -0.05) is 30.3 Å². The molecule has 3 nitrogen and oxygen atoms in total. The summed E-state index contributed by atoms with van der Waals surface area (Å²) in [5.74, 6) is 0.00630. The van der Waals surface area contributed by atoms with Crippen molar-refractivity contribution in [3.8, 4) is 0 Å². The molecule has 1 aromatic rings. The standard InChI is InChI=1S/C12H12N2O/c1-14-8-7-13-11(9-14)12(15)10-5-3-2-4-6-10/h2-8H,9H2,1H3. The third-order valence-corrected chi connectivity index (χ3v) is 2.25. The highest BCUT2D eigenvalue weighted by molar-refractivity contribution is 6.46. The van der Waals surface area contributed by atoms with Crippen LogP contribution in [0.25, 0.3) is 0 Å². The maximum Gasteiger partial charge on any atom is 0.209 e. The number of carbonyl (C=O) groups excluding carboxylic acids is 1. The van der Waals surface area contributed by atoms with E-state index in [4.69, 9.17) is 0 Å². The molecule has 1 heterocycles. The predicted octanol–water partition coefficient (Wildman–Crippen LogP) is 1.73. The number of hydrogen-bond acceptors (Lipinski definition) is 3. The lowest BCUT2D eigenvalue weighted by Crippen LogP contribution is -2.29. The molecule has 0 bridgehead atoms. The second kappa shape index (κ2) is 4.09. The number of carbonyl (C=O) groups is 1. The van der Waals surface area contributed by atoms with Crippen LogP contribution in [0.3, 0.4) is 0 Å². The first-order valence-electron chi connectivity index (χ1n) is 4.81. The van der Waals surface area contributed by atoms with E-state index < -0.39 is 0 Å². The highest BCUT2D eigenvalue weighted by Gasteiger charge is 2.15. The lowest BCUT2D eigenvalue weighted by molar-refractivity contribution is 0.106. The molecule has 0 fully saturated rings. The summed E-state index contributed by atoms with van der Waals surface area (Å²) in [6.07, 6.45) is 3.50. The fourth-order valence-corrected chi connectivity index (χ4v) is 1.45. The lowest BCUT2D eigenvalue weighted by atomic mass is 10.1. The van der Waals surface area contributed by atoms with Crippen molar-refractivity contribution in [2.75, 3.05) is 13.6 Å². The molecule has 0 atom stereocenters. The molecule has 0 amide bonds. The van der Waals surface area contributed by atoms with Crippen molar-refractivity contribution in [1.29, 1.82) is 0 Å². The Morgan fingerprint density at radius 1 is 1.33 bits per heavy atom. The van der Waals surface area contributed by atoms with Gasteiger partial charge in [0.2, 0.25) is 5.78 Å². The van der Waals surface area contributed by atoms with Gasteiger partial charge in [-0.15, -0.1) is 0 Å². The quantitative estimate of drug-likeness (QED) is 0.681. The minimum Gasteiger partial charge on any atom is -0.373 e. The van der Waals surface area contributed by atoms with E-state index in [1.807, 2.05) is 48.5 Å². The molecule has 76 valence electrons. The number of hydrogen-bond donors (Lipinski definition) is 0. The molecule has 0 spiro atoms. The second-order valence-electron chi connectivity index (χ2n) is 3.48. The van der Waals surface area contributed by atoms with Gasteiger partial charge in [-0.3, -0.25) is 9.79 Å². The summed E-state index contributed by atoms with van der Waals surface area (Å²) in [6.45, 7) is 0.574. The summed E-state index contributed by atoms with van der Waals surface area (Å²) < 4.78 is 0. The number of aliphatic imine (C=N–C) groups is 1. The Morgan fingerprint density at radius 2 is 2.07 bits per heavy atom. The van der Waals surface area contributed by atoms with E-state index in [0.29, 0.717) is 17.8 Å². The predicted molar refractivity (Wildman–Crippen MR) is 60.0 cm³/mol. The van der Waals surface area contributed by atoms with E-state index in [1.165, 1.54) is 0 Å². The molecule has 1 aliphatic heterocycles. The third-order valence-electron chi connectivity index (χ3n) is 2.25. The minimum atomic E-state index is 0.00630. The molecule has 2 rings (SSSR count). The van der Waals surface area contributed by atoms with Crippen molar-refractivity contribution in [2.45, 2.75) is 0 Å². The topological polar surface area (TPSA) is 32.7 Å². The zero-order valence-corrected chi connectivity index (χ0v) is 8.55. The van der Waals surface area contributed by atoms with E-state index in [9.17, 15) is 4.79 Å². The van der Waals surface area contributed by atoms with Gasteiger partial charge in [0.15, 0.2) is 0 Å². The average Bonchev–Trinajstić information content (AvgIpc) is 2.29. The van der Waals surface area contributed by atoms with Crippen LogP contribution in [-0.4, -0.2) is 30.0 Å². The third kappa shape index (κ3) is 2.13. The fraction of sp³-hybridized carbons (Fsp3) is 0.167. The molecule has 15 heavy (non-hydrogen) atoms. The molecule has 0 N–H and O–H groups in total. The largest absolute Gasteiger partial charge is 0.373 e. The van der Waals surface area contributed by atoms with Gasteiger partial charge < -0.3 is 4.90 Å². The first-order chi connectivity index (χ1) is 7.27. The van der Waals surface area contributed by atoms with Crippen molar-refractivity contribution in [1.82, 2.24) is 4.90 Å². The summed E-state index contributed by atoms with van der Waals surface area (Å²) in [6, 6.07) is 9.23. The Bertz CT molecular complexity index is 421. The molecule has 0 radical (unpaired) electrons. The van der Waals surface area contributed by atoms with Crippen LogP contribution < -0.4 is 0 Å². The summed E-state index contributed by atoms with van der Waals surface area (Å²) in [7, 11) is 1.92. The second-order valence-corrected chi connectivity index (χ2v) is 3.48. The SMILES string of the molecule is CN1C=CN=C(C(=O)c2ccccc2)C1. The smallest absolute Gasteiger partial charge is 0.209 e. The van der Waals surface area contributed by atoms with Crippen LogP contribution in [0.2, 0.25) is 0 Å². The highest BCUT2D eigenvalue weighted by atomic mass is 16.1. The molecule has 1 aliphatic rings. The molecular formula is C12H12N2O. The number of nitrogens with zero attached hydrogens (tertiary/aromatic N) is 2. The van der Waals surface area contributed by atoms with Gasteiger partial charge in [-0.2, -0.15) is 0 Å². The number of Topliss-reactive ketones (excluding diaryl/α,β-unsaturated/α-hetero) is 1. The van der Waals surface area contributed by atoms with Gasteiger partial charge in [0.1, 0.15) is 5.71 Å². The monoisotopic (exact) mass is 200 g/mol. The van der Waals surface area contributed by atoms with Crippen molar-refractivity contribution < 1.29 is 4.79 Å². The van der Waals surface area contributed by atoms with Crippen LogP contribution in [0.15, 0.2) is 47.7 Å². The van der Waals surface area contributed by atoms with Crippen molar-refractivity contribution in [3.05, 3.63) is 48.3 Å². The van der Waals surface area contributed by atoms with Gasteiger partial charge >= 0.3 is 0 Å². The molecule has 0 aliphatic carbocycles. The van der Waals surface area contributed by atoms with Crippen LogP contribution >= 0.6 is 0 Å². The average molecular weight is 200 g/mol. The maximum absolute atomic E-state index is 12.0. The van der Waals surface area contributed by atoms with Crippen molar-refractivity contribution >= 4 is 11.5 Å². The van der Waals surface area contributed by atoms with Crippen molar-refractivity contribution in [3.63, 3.8) is 0 Å². The molecule has 0 unspecified atom stereocenters. The first kappa shape index (κ1) is 9.65. The van der Waals surface area contributed by atoms with Crippen molar-refractivity contribution in [2.24, 2.45) is 4.99 Å². The van der Waals surface area contributed by atoms with Crippen LogP contribution in [0, 0.1) is 0 Å². The Kier molecular flexibility index (Phi) is 2.63. The first-order valence-corrected chi connectivity index (χ1v) is 4.81. The molecule has 1 aromatic carbocycles. The molecular weight excluding hydrogens is 188 g/mol. The van der Waals surface area contributed by atoms with Gasteiger partial charge in [-0.05, 0) is 0 Å². The zero-order chi connectivity index (χ0) is 10.7. The van der Waals surface area contributed by atoms with E-state index in [1.54, 1.807) is 6.20 Å². The van der Waals surface area contributed by atoms with E-state index in [2.05, 4.69) is 4.99 Å². The van der Waals surface area contributed by atoms with E-state index in [0.717, 1.165) is 0 Å². The molecule has 0 aromatic heterocycles. The van der Waals surface area contributed by atoms with Crippen LogP contribution in [0.5, 0.6) is 0 Å². The Balaban J connectivity index is 2.23. The van der Waals surface area contributed by atoms with Gasteiger partial charge in [-0.25, -0.2) is 0 Å². The number of benzene rings is 1. The maximum atomic E-state index is 12.0.